The summed E-state index contributed by atoms with van der Waals surface area (Å²) in [7, 11) is 3.93. The van der Waals surface area contributed by atoms with E-state index in [9.17, 15) is 14.7 Å². The Balaban J connectivity index is 2.03. The Morgan fingerprint density at radius 3 is 2.40 bits per heavy atom. The first kappa shape index (κ1) is 26.3. The third-order valence-electron chi connectivity index (χ3n) is 5.74. The zero-order valence-electron chi connectivity index (χ0n) is 21.3. The Kier molecular flexibility index (Phi) is 8.93. The van der Waals surface area contributed by atoms with Gasteiger partial charge in [0.1, 0.15) is 17.3 Å². The van der Waals surface area contributed by atoms with Crippen molar-refractivity contribution in [3.63, 3.8) is 0 Å². The lowest BCUT2D eigenvalue weighted by molar-refractivity contribution is -0.139. The van der Waals surface area contributed by atoms with Crippen LogP contribution in [-0.2, 0) is 9.59 Å². The SMILES string of the molecule is CCOc1ccc(C2/C(=C(/O)c3cccc(OCC(C)C)c3)C(=O)C(=O)N2CCCN(C)C)cc1. The lowest BCUT2D eigenvalue weighted by atomic mass is 9.95. The van der Waals surface area contributed by atoms with Gasteiger partial charge >= 0.3 is 0 Å². The summed E-state index contributed by atoms with van der Waals surface area (Å²) in [6.45, 7) is 8.26. The first-order valence-corrected chi connectivity index (χ1v) is 12.1. The van der Waals surface area contributed by atoms with E-state index in [0.29, 0.717) is 49.2 Å². The van der Waals surface area contributed by atoms with Crippen LogP contribution >= 0.6 is 0 Å². The maximum atomic E-state index is 13.2. The fourth-order valence-corrected chi connectivity index (χ4v) is 4.08. The van der Waals surface area contributed by atoms with Crippen LogP contribution in [0.4, 0.5) is 0 Å². The molecule has 1 fully saturated rings. The van der Waals surface area contributed by atoms with Gasteiger partial charge in [0, 0.05) is 12.1 Å². The predicted molar refractivity (Wildman–Crippen MR) is 137 cm³/mol. The van der Waals surface area contributed by atoms with Crippen molar-refractivity contribution < 1.29 is 24.2 Å². The number of carbonyl (C=O) groups is 2. The van der Waals surface area contributed by atoms with Crippen molar-refractivity contribution in [2.45, 2.75) is 33.2 Å². The second-order valence-electron chi connectivity index (χ2n) is 9.38. The van der Waals surface area contributed by atoms with E-state index in [1.807, 2.05) is 56.3 Å². The van der Waals surface area contributed by atoms with Crippen LogP contribution in [0.3, 0.4) is 0 Å². The van der Waals surface area contributed by atoms with Crippen LogP contribution in [0.2, 0.25) is 0 Å². The highest BCUT2D eigenvalue weighted by molar-refractivity contribution is 6.46. The minimum Gasteiger partial charge on any atom is -0.507 e. The van der Waals surface area contributed by atoms with Gasteiger partial charge in [-0.25, -0.2) is 0 Å². The van der Waals surface area contributed by atoms with E-state index in [4.69, 9.17) is 9.47 Å². The number of amides is 1. The van der Waals surface area contributed by atoms with Crippen molar-refractivity contribution in [1.29, 1.82) is 0 Å². The summed E-state index contributed by atoms with van der Waals surface area (Å²) < 4.78 is 11.4. The van der Waals surface area contributed by atoms with Gasteiger partial charge < -0.3 is 24.4 Å². The van der Waals surface area contributed by atoms with Gasteiger partial charge in [0.15, 0.2) is 0 Å². The Labute approximate surface area is 207 Å². The predicted octanol–water partition coefficient (Wildman–Crippen LogP) is 4.49. The normalized spacial score (nSPS) is 17.5. The van der Waals surface area contributed by atoms with E-state index in [1.54, 1.807) is 23.1 Å². The molecule has 2 aromatic rings. The fourth-order valence-electron chi connectivity index (χ4n) is 4.08. The molecule has 1 amide bonds. The number of benzene rings is 2. The Bertz CT molecular complexity index is 1060. The van der Waals surface area contributed by atoms with Gasteiger partial charge in [-0.1, -0.05) is 38.1 Å². The minimum absolute atomic E-state index is 0.0880. The highest BCUT2D eigenvalue weighted by atomic mass is 16.5. The Morgan fingerprint density at radius 1 is 1.06 bits per heavy atom. The maximum Gasteiger partial charge on any atom is 0.295 e. The molecular weight excluding hydrogens is 444 g/mol. The van der Waals surface area contributed by atoms with Crippen molar-refractivity contribution in [3.8, 4) is 11.5 Å². The number of Topliss-reactive ketones (excluding diaryl/α,β-unsaturated/α-hetero) is 1. The molecule has 188 valence electrons. The molecule has 3 rings (SSSR count). The number of likely N-dealkylation sites (tertiary alicyclic amines) is 1. The summed E-state index contributed by atoms with van der Waals surface area (Å²) in [6.07, 6.45) is 0.701. The number of aliphatic hydroxyl groups is 1. The number of hydrogen-bond donors (Lipinski definition) is 1. The van der Waals surface area contributed by atoms with E-state index >= 15 is 0 Å². The van der Waals surface area contributed by atoms with Crippen molar-refractivity contribution in [1.82, 2.24) is 9.80 Å². The molecule has 0 spiro atoms. The molecule has 1 N–H and O–H groups in total. The van der Waals surface area contributed by atoms with Crippen molar-refractivity contribution in [2.75, 3.05) is 40.4 Å². The maximum absolute atomic E-state index is 13.2. The number of ketones is 1. The molecule has 0 aromatic heterocycles. The Hall–Kier alpha value is -3.32. The molecule has 1 aliphatic heterocycles. The quantitative estimate of drug-likeness (QED) is 0.290. The summed E-state index contributed by atoms with van der Waals surface area (Å²) in [5, 5.41) is 11.3. The molecule has 1 heterocycles. The molecule has 0 radical (unpaired) electrons. The van der Waals surface area contributed by atoms with Gasteiger partial charge in [0.05, 0.1) is 24.8 Å². The van der Waals surface area contributed by atoms with Crippen molar-refractivity contribution >= 4 is 17.4 Å². The van der Waals surface area contributed by atoms with Gasteiger partial charge in [-0.3, -0.25) is 9.59 Å². The van der Waals surface area contributed by atoms with E-state index in [2.05, 4.69) is 13.8 Å². The summed E-state index contributed by atoms with van der Waals surface area (Å²) in [5.74, 6) is 0.166. The van der Waals surface area contributed by atoms with Gasteiger partial charge in [-0.15, -0.1) is 0 Å². The third kappa shape index (κ3) is 6.42. The van der Waals surface area contributed by atoms with Gasteiger partial charge in [0.25, 0.3) is 11.7 Å². The van der Waals surface area contributed by atoms with E-state index in [1.165, 1.54) is 0 Å². The van der Waals surface area contributed by atoms with E-state index in [0.717, 1.165) is 12.1 Å². The zero-order chi connectivity index (χ0) is 25.5. The van der Waals surface area contributed by atoms with Crippen LogP contribution in [0.25, 0.3) is 5.76 Å². The molecule has 2 aromatic carbocycles. The van der Waals surface area contributed by atoms with Crippen molar-refractivity contribution in [3.05, 3.63) is 65.2 Å². The smallest absolute Gasteiger partial charge is 0.295 e. The lowest BCUT2D eigenvalue weighted by Gasteiger charge is -2.26. The molecule has 1 saturated heterocycles. The molecule has 35 heavy (non-hydrogen) atoms. The number of carbonyl (C=O) groups excluding carboxylic acids is 2. The molecule has 7 nitrogen and oxygen atoms in total. The third-order valence-corrected chi connectivity index (χ3v) is 5.74. The molecule has 0 aliphatic carbocycles. The van der Waals surface area contributed by atoms with E-state index in [-0.39, 0.29) is 11.3 Å². The molecule has 7 heteroatoms. The van der Waals surface area contributed by atoms with Crippen LogP contribution < -0.4 is 9.47 Å². The topological polar surface area (TPSA) is 79.3 Å². The Morgan fingerprint density at radius 2 is 1.77 bits per heavy atom. The number of rotatable bonds is 11. The van der Waals surface area contributed by atoms with Gasteiger partial charge in [-0.2, -0.15) is 0 Å². The second kappa shape index (κ2) is 11.9. The molecule has 0 bridgehead atoms. The number of nitrogens with zero attached hydrogens (tertiary/aromatic N) is 2. The first-order valence-electron chi connectivity index (χ1n) is 12.1. The minimum atomic E-state index is -0.687. The number of ether oxygens (including phenoxy) is 2. The zero-order valence-corrected chi connectivity index (χ0v) is 21.3. The summed E-state index contributed by atoms with van der Waals surface area (Å²) in [4.78, 5) is 29.9. The fraction of sp³-hybridized carbons (Fsp3) is 0.429. The van der Waals surface area contributed by atoms with Crippen LogP contribution in [0, 0.1) is 5.92 Å². The number of aliphatic hydroxyl groups excluding tert-OH is 1. The first-order chi connectivity index (χ1) is 16.7. The van der Waals surface area contributed by atoms with Crippen LogP contribution in [0.1, 0.15) is 44.4 Å². The standard InChI is InChI=1S/C28H36N2O5/c1-6-34-22-13-11-20(12-14-22)25-24(27(32)28(33)30(25)16-8-15-29(4)5)26(31)21-9-7-10-23(17-21)35-18-19(2)3/h7,9-14,17,19,25,31H,6,8,15-16,18H2,1-5H3/b26-24-. The highest BCUT2D eigenvalue weighted by Gasteiger charge is 2.45. The largest absolute Gasteiger partial charge is 0.507 e. The van der Waals surface area contributed by atoms with Crippen LogP contribution in [-0.4, -0.2) is 67.0 Å². The van der Waals surface area contributed by atoms with E-state index < -0.39 is 17.7 Å². The average molecular weight is 481 g/mol. The van der Waals surface area contributed by atoms with Crippen LogP contribution in [0.5, 0.6) is 11.5 Å². The monoisotopic (exact) mass is 480 g/mol. The molecule has 1 unspecified atom stereocenters. The highest BCUT2D eigenvalue weighted by Crippen LogP contribution is 2.40. The summed E-state index contributed by atoms with van der Waals surface area (Å²) in [6, 6.07) is 13.6. The average Bonchev–Trinajstić information content (AvgIpc) is 3.08. The molecule has 1 atom stereocenters. The molecule has 1 aliphatic rings. The number of hydrogen-bond acceptors (Lipinski definition) is 6. The lowest BCUT2D eigenvalue weighted by Crippen LogP contribution is -2.32. The second-order valence-corrected chi connectivity index (χ2v) is 9.38. The van der Waals surface area contributed by atoms with Crippen LogP contribution in [0.15, 0.2) is 54.1 Å². The summed E-state index contributed by atoms with van der Waals surface area (Å²) in [5.41, 5.74) is 1.27. The summed E-state index contributed by atoms with van der Waals surface area (Å²) >= 11 is 0. The molecular formula is C28H36N2O5. The van der Waals surface area contributed by atoms with Gasteiger partial charge in [0.2, 0.25) is 0 Å². The van der Waals surface area contributed by atoms with Crippen molar-refractivity contribution in [2.24, 2.45) is 5.92 Å². The van der Waals surface area contributed by atoms with Gasteiger partial charge in [-0.05, 0) is 69.7 Å². The molecule has 0 saturated carbocycles.